The topological polar surface area (TPSA) is 211 Å². The fourth-order valence-electron chi connectivity index (χ4n) is 5.97. The number of rotatable bonds is 18. The molecule has 324 valence electrons. The first-order chi connectivity index (χ1) is 29.0. The number of nitrogens with zero attached hydrogens (tertiary/aromatic N) is 9. The molecule has 1 saturated heterocycles. The van der Waals surface area contributed by atoms with Gasteiger partial charge in [-0.3, -0.25) is 14.5 Å². The number of amides is 3. The number of hydrogen-bond acceptors (Lipinski definition) is 16. The molecule has 1 fully saturated rings. The van der Waals surface area contributed by atoms with Crippen LogP contribution >= 0.6 is 23.3 Å². The van der Waals surface area contributed by atoms with E-state index in [0.717, 1.165) is 11.5 Å². The van der Waals surface area contributed by atoms with E-state index in [2.05, 4.69) is 24.7 Å². The number of fused-ring (bicyclic) bond motifs is 1. The molecule has 2 aromatic heterocycles. The summed E-state index contributed by atoms with van der Waals surface area (Å²) in [6.07, 6.45) is 3.45. The molecule has 3 N–H and O–H groups in total. The van der Waals surface area contributed by atoms with Gasteiger partial charge in [-0.15, -0.1) is 11.8 Å². The monoisotopic (exact) mass is 880 g/mol. The predicted molar refractivity (Wildman–Crippen MR) is 228 cm³/mol. The number of β-lactam (4-membered cyclic amide) rings is 1. The summed E-state index contributed by atoms with van der Waals surface area (Å²) in [6, 6.07) is 9.45. The maximum Gasteiger partial charge on any atom is 0.410 e. The standard InChI is InChI=1S/C38H47BFN11O8S2/c1-38(2,3)59-37(55)48(6)15-9-17-50(39)26-10-8-16-49(31(26)42-22-47(4)5)18-24-20-60-34-28(43-32(52)27(45-58-21-40)30-44-36(41)61-46-30)33(53)51(34)29(24)35(54)57-19-23-11-13-25(56-7)14-12-23/h8,10-14,16,22,28,34H,9,15,17-21H2,1-7H3,(H2-,41,43,44,46,52)/p+1/b45-27-. The molecule has 1 aromatic carbocycles. The molecule has 2 unspecified atom stereocenters. The third kappa shape index (κ3) is 11.9. The highest BCUT2D eigenvalue weighted by atomic mass is 32.2. The van der Waals surface area contributed by atoms with Crippen molar-refractivity contribution in [2.75, 3.05) is 64.5 Å². The maximum absolute atomic E-state index is 14.1. The number of benzene rings is 1. The third-order valence-corrected chi connectivity index (χ3v) is 10.7. The lowest BCUT2D eigenvalue weighted by molar-refractivity contribution is -0.675. The van der Waals surface area contributed by atoms with Crippen LogP contribution in [0.1, 0.15) is 38.6 Å². The minimum absolute atomic E-state index is 0.00609. The number of carbonyl (C=O) groups is 4. The van der Waals surface area contributed by atoms with Crippen LogP contribution in [-0.4, -0.2) is 139 Å². The molecule has 3 amide bonds. The van der Waals surface area contributed by atoms with E-state index in [9.17, 15) is 23.6 Å². The van der Waals surface area contributed by atoms with Crippen molar-refractivity contribution in [1.29, 1.82) is 0 Å². The molecule has 0 aliphatic carbocycles. The van der Waals surface area contributed by atoms with E-state index in [-0.39, 0.29) is 35.6 Å². The fraction of sp³-hybridized carbons (Fsp3) is 0.447. The number of nitrogens with one attached hydrogen (secondary N) is 1. The predicted octanol–water partition coefficient (Wildman–Crippen LogP) is 2.53. The van der Waals surface area contributed by atoms with E-state index in [1.807, 2.05) is 14.1 Å². The van der Waals surface area contributed by atoms with Crippen molar-refractivity contribution in [3.05, 3.63) is 65.3 Å². The molecule has 3 aromatic rings. The van der Waals surface area contributed by atoms with Crippen molar-refractivity contribution in [2.45, 2.75) is 57.4 Å². The number of anilines is 2. The van der Waals surface area contributed by atoms with Crippen LogP contribution in [0.3, 0.4) is 0 Å². The van der Waals surface area contributed by atoms with Gasteiger partial charge in [0.05, 0.1) is 13.3 Å². The highest BCUT2D eigenvalue weighted by Gasteiger charge is 2.55. The summed E-state index contributed by atoms with van der Waals surface area (Å²) in [7, 11) is 13.5. The number of methoxy groups -OCH3 is 1. The third-order valence-electron chi connectivity index (χ3n) is 8.83. The number of aromatic nitrogens is 3. The number of oxime groups is 1. The summed E-state index contributed by atoms with van der Waals surface area (Å²) in [5.41, 5.74) is 6.34. The van der Waals surface area contributed by atoms with Gasteiger partial charge in [-0.05, 0) is 62.0 Å². The molecule has 2 aliphatic rings. The molecule has 2 aliphatic heterocycles. The second-order valence-electron chi connectivity index (χ2n) is 14.9. The van der Waals surface area contributed by atoms with Crippen molar-refractivity contribution in [1.82, 2.24) is 29.4 Å². The Kier molecular flexibility index (Phi) is 15.5. The number of esters is 1. The Bertz CT molecular complexity index is 2170. The van der Waals surface area contributed by atoms with E-state index in [4.69, 9.17) is 32.9 Å². The maximum atomic E-state index is 14.1. The molecule has 0 bridgehead atoms. The first kappa shape index (κ1) is 46.1. The number of nitrogens with two attached hydrogens (primary N) is 1. The molecule has 0 spiro atoms. The zero-order valence-corrected chi connectivity index (χ0v) is 36.5. The quantitative estimate of drug-likeness (QED) is 0.0358. The average molecular weight is 881 g/mol. The van der Waals surface area contributed by atoms with Crippen molar-refractivity contribution in [2.24, 2.45) is 10.1 Å². The Morgan fingerprint density at radius 3 is 2.54 bits per heavy atom. The van der Waals surface area contributed by atoms with Gasteiger partial charge in [0.25, 0.3) is 18.7 Å². The van der Waals surface area contributed by atoms with Crippen LogP contribution in [0.15, 0.2) is 64.0 Å². The first-order valence-corrected chi connectivity index (χ1v) is 20.7. The Morgan fingerprint density at radius 1 is 1.16 bits per heavy atom. The van der Waals surface area contributed by atoms with Gasteiger partial charge < -0.3 is 44.7 Å². The average Bonchev–Trinajstić information content (AvgIpc) is 3.65. The van der Waals surface area contributed by atoms with E-state index >= 15 is 0 Å². The Morgan fingerprint density at radius 2 is 1.90 bits per heavy atom. The second kappa shape index (κ2) is 20.5. The molecular formula is C38H48BFN11O8S2+. The van der Waals surface area contributed by atoms with Crippen molar-refractivity contribution in [3.63, 3.8) is 0 Å². The minimum atomic E-state index is -1.33. The molecule has 5 rings (SSSR count). The zero-order chi connectivity index (χ0) is 44.4. The largest absolute Gasteiger partial charge is 0.497 e. The second-order valence-corrected chi connectivity index (χ2v) is 16.8. The molecule has 2 radical (unpaired) electrons. The first-order valence-electron chi connectivity index (χ1n) is 18.8. The zero-order valence-electron chi connectivity index (χ0n) is 34.9. The SMILES string of the molecule is [B]N(CCCN(C)C(=O)OC(C)(C)C)c1ccc[n+](CC2=C(C(=O)OCc3ccc(OC)cc3)N3C(=O)C(NC(=O)/C(=N\OCF)c4nsc(N)n4)C3SC2)c1N=CN(C)C. The molecular weight excluding hydrogens is 832 g/mol. The van der Waals surface area contributed by atoms with E-state index in [1.54, 1.807) is 93.3 Å². The molecule has 2 atom stereocenters. The number of thioether (sulfide) groups is 1. The van der Waals surface area contributed by atoms with Gasteiger partial charge in [-0.2, -0.15) is 9.36 Å². The normalized spacial score (nSPS) is 16.4. The Labute approximate surface area is 362 Å². The summed E-state index contributed by atoms with van der Waals surface area (Å²) in [5, 5.41) is 5.41. The Balaban J connectivity index is 1.43. The van der Waals surface area contributed by atoms with E-state index in [0.29, 0.717) is 47.9 Å². The summed E-state index contributed by atoms with van der Waals surface area (Å²) in [4.78, 5) is 73.3. The summed E-state index contributed by atoms with van der Waals surface area (Å²) < 4.78 is 35.2. The van der Waals surface area contributed by atoms with Gasteiger partial charge in [0.15, 0.2) is 5.13 Å². The summed E-state index contributed by atoms with van der Waals surface area (Å²) in [5.74, 6) is -1.19. The molecule has 0 saturated carbocycles. The highest BCUT2D eigenvalue weighted by molar-refractivity contribution is 8.00. The molecule has 19 nitrogen and oxygen atoms in total. The van der Waals surface area contributed by atoms with Crippen LogP contribution in [-0.2, 0) is 41.8 Å². The lowest BCUT2D eigenvalue weighted by atomic mass is 10.0. The van der Waals surface area contributed by atoms with Crippen LogP contribution in [0.2, 0.25) is 0 Å². The number of pyridine rings is 1. The van der Waals surface area contributed by atoms with Crippen LogP contribution in [0.25, 0.3) is 0 Å². The number of alkyl halides is 1. The number of hydrogen-bond donors (Lipinski definition) is 2. The smallest absolute Gasteiger partial charge is 0.410 e. The van der Waals surface area contributed by atoms with Crippen LogP contribution in [0.5, 0.6) is 5.75 Å². The summed E-state index contributed by atoms with van der Waals surface area (Å²) in [6.45, 7) is 4.77. The fourth-order valence-corrected chi connectivity index (χ4v) is 7.74. The van der Waals surface area contributed by atoms with Crippen LogP contribution in [0.4, 0.5) is 25.8 Å². The van der Waals surface area contributed by atoms with Crippen molar-refractivity contribution >= 4 is 83.8 Å². The Hall–Kier alpha value is -5.97. The van der Waals surface area contributed by atoms with E-state index < -0.39 is 53.5 Å². The number of carbonyl (C=O) groups excluding carboxylic acids is 4. The minimum Gasteiger partial charge on any atom is -0.497 e. The van der Waals surface area contributed by atoms with Gasteiger partial charge in [-0.1, -0.05) is 17.3 Å². The molecule has 61 heavy (non-hydrogen) atoms. The van der Waals surface area contributed by atoms with Gasteiger partial charge in [0.1, 0.15) is 47.3 Å². The van der Waals surface area contributed by atoms with Crippen molar-refractivity contribution in [3.8, 4) is 5.75 Å². The lowest BCUT2D eigenvalue weighted by Crippen LogP contribution is -2.71. The van der Waals surface area contributed by atoms with Gasteiger partial charge in [-0.25, -0.2) is 18.5 Å². The molecule has 4 heterocycles. The van der Waals surface area contributed by atoms with Gasteiger partial charge >= 0.3 is 17.9 Å². The number of ether oxygens (including phenoxy) is 3. The number of aliphatic imine (C=N–C) groups is 1. The van der Waals surface area contributed by atoms with E-state index in [1.165, 1.54) is 26.4 Å². The molecule has 23 heteroatoms. The van der Waals surface area contributed by atoms with Crippen LogP contribution < -0.4 is 25.2 Å². The van der Waals surface area contributed by atoms with Gasteiger partial charge in [0.2, 0.25) is 25.9 Å². The van der Waals surface area contributed by atoms with Crippen LogP contribution in [0, 0.1) is 0 Å². The van der Waals surface area contributed by atoms with Gasteiger partial charge in [0, 0.05) is 57.1 Å². The number of halogens is 1. The van der Waals surface area contributed by atoms with Crippen molar-refractivity contribution < 1.29 is 47.2 Å². The number of nitrogen functional groups attached to an aromatic ring is 1. The summed E-state index contributed by atoms with van der Waals surface area (Å²) >= 11 is 2.10. The highest BCUT2D eigenvalue weighted by Crippen LogP contribution is 2.41. The lowest BCUT2D eigenvalue weighted by Gasteiger charge is -2.49.